The number of anilines is 1. The van der Waals surface area contributed by atoms with E-state index in [-0.39, 0.29) is 0 Å². The van der Waals surface area contributed by atoms with Crippen molar-refractivity contribution in [3.8, 4) is 0 Å². The average molecular weight is 250 g/mol. The number of nitrogens with zero attached hydrogens (tertiary/aromatic N) is 1. The Morgan fingerprint density at radius 2 is 2.11 bits per heavy atom. The lowest BCUT2D eigenvalue weighted by molar-refractivity contribution is 0.441. The molecule has 3 aliphatic rings. The third-order valence-corrected chi connectivity index (χ3v) is 4.51. The molecule has 0 aromatic heterocycles. The molecule has 2 heterocycles. The Balaban J connectivity index is 1.74. The normalized spacial score (nSPS) is 31.4. The molecular weight excluding hydrogens is 232 g/mol. The lowest BCUT2D eigenvalue weighted by atomic mass is 9.77. The van der Waals surface area contributed by atoms with E-state index in [0.29, 0.717) is 17.9 Å². The van der Waals surface area contributed by atoms with Crippen molar-refractivity contribution in [2.75, 3.05) is 11.9 Å². The number of allylic oxidation sites excluding steroid dienone is 3. The van der Waals surface area contributed by atoms with Gasteiger partial charge in [-0.2, -0.15) is 0 Å². The fourth-order valence-electron chi connectivity index (χ4n) is 3.60. The fourth-order valence-corrected chi connectivity index (χ4v) is 3.60. The number of hydrogen-bond donors (Lipinski definition) is 1. The molecule has 0 spiro atoms. The summed E-state index contributed by atoms with van der Waals surface area (Å²) >= 11 is 0. The van der Waals surface area contributed by atoms with Gasteiger partial charge in [-0.15, -0.1) is 0 Å². The van der Waals surface area contributed by atoms with Crippen LogP contribution in [0.5, 0.6) is 0 Å². The summed E-state index contributed by atoms with van der Waals surface area (Å²) in [4.78, 5) is 4.78. The van der Waals surface area contributed by atoms with E-state index in [1.54, 1.807) is 0 Å². The summed E-state index contributed by atoms with van der Waals surface area (Å²) < 4.78 is 0. The molecule has 1 aromatic carbocycles. The molecule has 19 heavy (non-hydrogen) atoms. The topological polar surface area (TPSA) is 24.4 Å². The molecule has 3 atom stereocenters. The molecule has 0 amide bonds. The number of aliphatic imine (C=N–C) groups is 1. The lowest BCUT2D eigenvalue weighted by Crippen LogP contribution is -2.42. The summed E-state index contributed by atoms with van der Waals surface area (Å²) in [7, 11) is 0. The Bertz CT molecular complexity index is 583. The first kappa shape index (κ1) is 11.0. The molecule has 0 bridgehead atoms. The summed E-state index contributed by atoms with van der Waals surface area (Å²) in [5, 5.41) is 3.77. The van der Waals surface area contributed by atoms with Crippen molar-refractivity contribution in [1.29, 1.82) is 0 Å². The van der Waals surface area contributed by atoms with Gasteiger partial charge in [-0.05, 0) is 18.9 Å². The molecule has 1 aromatic rings. The summed E-state index contributed by atoms with van der Waals surface area (Å²) in [5.41, 5.74) is 3.91. The smallest absolute Gasteiger partial charge is 0.0493 e. The van der Waals surface area contributed by atoms with E-state index >= 15 is 0 Å². The highest BCUT2D eigenvalue weighted by molar-refractivity contribution is 6.09. The van der Waals surface area contributed by atoms with Crippen molar-refractivity contribution >= 4 is 11.4 Å². The summed E-state index contributed by atoms with van der Waals surface area (Å²) in [5.74, 6) is 1.17. The summed E-state index contributed by atoms with van der Waals surface area (Å²) in [6.07, 6.45) is 11.3. The molecule has 2 aliphatic heterocycles. The van der Waals surface area contributed by atoms with Crippen LogP contribution in [0.15, 0.2) is 53.6 Å². The summed E-state index contributed by atoms with van der Waals surface area (Å²) in [6, 6.07) is 9.10. The molecule has 0 radical (unpaired) electrons. The van der Waals surface area contributed by atoms with Crippen molar-refractivity contribution in [2.45, 2.75) is 18.9 Å². The molecular formula is C17H18N2. The Labute approximate surface area is 113 Å². The van der Waals surface area contributed by atoms with Gasteiger partial charge in [0.2, 0.25) is 0 Å². The molecule has 0 saturated heterocycles. The Kier molecular flexibility index (Phi) is 2.54. The van der Waals surface area contributed by atoms with Crippen LogP contribution in [0.3, 0.4) is 0 Å². The minimum atomic E-state index is 0.498. The van der Waals surface area contributed by atoms with Gasteiger partial charge >= 0.3 is 0 Å². The standard InChI is InChI=1S/C17H18N2/c1-2-6-12(7-3-1)16-14-10-11-18-17(14)13-8-4-5-9-15(13)19-16/h1-6,8-9,12,14,16,19H,7,10-11H2/t12?,14-,16+/m1/s1. The predicted molar refractivity (Wildman–Crippen MR) is 79.8 cm³/mol. The van der Waals surface area contributed by atoms with Gasteiger partial charge in [-0.1, -0.05) is 42.5 Å². The van der Waals surface area contributed by atoms with E-state index < -0.39 is 0 Å². The van der Waals surface area contributed by atoms with Crippen LogP contribution < -0.4 is 5.32 Å². The van der Waals surface area contributed by atoms with Crippen LogP contribution in [0, 0.1) is 11.8 Å². The van der Waals surface area contributed by atoms with Gasteiger partial charge in [0.05, 0.1) is 0 Å². The third kappa shape index (κ3) is 1.74. The van der Waals surface area contributed by atoms with Crippen molar-refractivity contribution < 1.29 is 0 Å². The molecule has 1 unspecified atom stereocenters. The van der Waals surface area contributed by atoms with Gasteiger partial charge < -0.3 is 5.32 Å². The van der Waals surface area contributed by atoms with E-state index in [2.05, 4.69) is 53.9 Å². The van der Waals surface area contributed by atoms with Crippen LogP contribution >= 0.6 is 0 Å². The van der Waals surface area contributed by atoms with Crippen LogP contribution in [0.1, 0.15) is 18.4 Å². The number of para-hydroxylation sites is 1. The van der Waals surface area contributed by atoms with Gasteiger partial charge in [0.25, 0.3) is 0 Å². The van der Waals surface area contributed by atoms with E-state index in [4.69, 9.17) is 4.99 Å². The van der Waals surface area contributed by atoms with E-state index in [1.165, 1.54) is 23.4 Å². The Hall–Kier alpha value is -1.83. The van der Waals surface area contributed by atoms with Crippen molar-refractivity contribution in [3.05, 3.63) is 54.1 Å². The second-order valence-electron chi connectivity index (χ2n) is 5.59. The first-order valence-corrected chi connectivity index (χ1v) is 7.17. The Morgan fingerprint density at radius 3 is 3.00 bits per heavy atom. The van der Waals surface area contributed by atoms with Crippen LogP contribution in [0.25, 0.3) is 0 Å². The number of benzene rings is 1. The van der Waals surface area contributed by atoms with Gasteiger partial charge in [0.1, 0.15) is 0 Å². The number of fused-ring (bicyclic) bond motifs is 3. The van der Waals surface area contributed by atoms with Gasteiger partial charge in [-0.25, -0.2) is 0 Å². The predicted octanol–water partition coefficient (Wildman–Crippen LogP) is 3.42. The SMILES string of the molecule is C1=CCC([C@@H]2Nc3ccccc3C3=NCC[C@@H]32)C=C1. The van der Waals surface area contributed by atoms with Gasteiger partial charge in [-0.3, -0.25) is 4.99 Å². The van der Waals surface area contributed by atoms with E-state index in [9.17, 15) is 0 Å². The van der Waals surface area contributed by atoms with Crippen LogP contribution in [0.4, 0.5) is 5.69 Å². The number of hydrogen-bond acceptors (Lipinski definition) is 2. The first-order valence-electron chi connectivity index (χ1n) is 7.17. The zero-order valence-electron chi connectivity index (χ0n) is 10.9. The molecule has 2 heteroatoms. The van der Waals surface area contributed by atoms with Crippen LogP contribution in [0.2, 0.25) is 0 Å². The number of nitrogens with one attached hydrogen (secondary N) is 1. The molecule has 1 aliphatic carbocycles. The van der Waals surface area contributed by atoms with Gasteiger partial charge in [0, 0.05) is 41.4 Å². The first-order chi connectivity index (χ1) is 9.43. The quantitative estimate of drug-likeness (QED) is 0.811. The van der Waals surface area contributed by atoms with Gasteiger partial charge in [0.15, 0.2) is 0 Å². The molecule has 4 rings (SSSR count). The van der Waals surface area contributed by atoms with E-state index in [1.807, 2.05) is 0 Å². The van der Waals surface area contributed by atoms with Crippen LogP contribution in [-0.4, -0.2) is 18.3 Å². The zero-order chi connectivity index (χ0) is 12.7. The maximum absolute atomic E-state index is 4.78. The second kappa shape index (κ2) is 4.37. The fraction of sp³-hybridized carbons (Fsp3) is 0.353. The monoisotopic (exact) mass is 250 g/mol. The van der Waals surface area contributed by atoms with Crippen LogP contribution in [-0.2, 0) is 0 Å². The third-order valence-electron chi connectivity index (χ3n) is 4.51. The molecule has 0 fully saturated rings. The highest BCUT2D eigenvalue weighted by atomic mass is 15.0. The molecule has 0 saturated carbocycles. The highest BCUT2D eigenvalue weighted by Crippen LogP contribution is 2.38. The number of rotatable bonds is 1. The van der Waals surface area contributed by atoms with E-state index in [0.717, 1.165) is 13.0 Å². The summed E-state index contributed by atoms with van der Waals surface area (Å²) in [6.45, 7) is 0.985. The van der Waals surface area contributed by atoms with Crippen molar-refractivity contribution in [3.63, 3.8) is 0 Å². The van der Waals surface area contributed by atoms with Crippen molar-refractivity contribution in [2.24, 2.45) is 16.8 Å². The zero-order valence-corrected chi connectivity index (χ0v) is 10.9. The maximum Gasteiger partial charge on any atom is 0.0493 e. The minimum absolute atomic E-state index is 0.498. The largest absolute Gasteiger partial charge is 0.380 e. The molecule has 2 nitrogen and oxygen atoms in total. The molecule has 96 valence electrons. The maximum atomic E-state index is 4.78. The average Bonchev–Trinajstić information content (AvgIpc) is 2.97. The lowest BCUT2D eigenvalue weighted by Gasteiger charge is -2.37. The molecule has 1 N–H and O–H groups in total. The Morgan fingerprint density at radius 1 is 1.16 bits per heavy atom. The van der Waals surface area contributed by atoms with Crippen molar-refractivity contribution in [1.82, 2.24) is 0 Å². The minimum Gasteiger partial charge on any atom is -0.380 e. The second-order valence-corrected chi connectivity index (χ2v) is 5.59. The highest BCUT2D eigenvalue weighted by Gasteiger charge is 2.38.